The van der Waals surface area contributed by atoms with Crippen molar-refractivity contribution in [2.45, 2.75) is 18.0 Å². The molecule has 27 heavy (non-hydrogen) atoms. The van der Waals surface area contributed by atoms with Gasteiger partial charge in [0.2, 0.25) is 10.0 Å². The van der Waals surface area contributed by atoms with E-state index in [1.54, 1.807) is 24.7 Å². The minimum absolute atomic E-state index is 0.0555. The Balaban J connectivity index is 1.67. The van der Waals surface area contributed by atoms with Gasteiger partial charge in [-0.15, -0.1) is 0 Å². The van der Waals surface area contributed by atoms with Crippen LogP contribution in [0.3, 0.4) is 0 Å². The fourth-order valence-corrected chi connectivity index (χ4v) is 3.41. The third kappa shape index (κ3) is 4.81. The number of aromatic nitrogens is 2. The SMILES string of the molecule is CNS(=O)(=O)c1cccc(C(=O)NCc2cccc(Cn3ccnc3)c2)c1. The van der Waals surface area contributed by atoms with Crippen molar-refractivity contribution in [1.82, 2.24) is 19.6 Å². The lowest BCUT2D eigenvalue weighted by atomic mass is 10.1. The van der Waals surface area contributed by atoms with Crippen LogP contribution in [-0.2, 0) is 23.1 Å². The fourth-order valence-electron chi connectivity index (χ4n) is 2.64. The highest BCUT2D eigenvalue weighted by atomic mass is 32.2. The molecule has 0 saturated carbocycles. The van der Waals surface area contributed by atoms with E-state index in [2.05, 4.69) is 15.0 Å². The van der Waals surface area contributed by atoms with E-state index in [0.29, 0.717) is 18.7 Å². The fraction of sp³-hybridized carbons (Fsp3) is 0.158. The lowest BCUT2D eigenvalue weighted by molar-refractivity contribution is 0.0950. The van der Waals surface area contributed by atoms with E-state index in [4.69, 9.17) is 0 Å². The summed E-state index contributed by atoms with van der Waals surface area (Å²) in [4.78, 5) is 16.5. The molecule has 140 valence electrons. The number of hydrogen-bond donors (Lipinski definition) is 2. The van der Waals surface area contributed by atoms with Crippen molar-refractivity contribution in [3.8, 4) is 0 Å². The Kier molecular flexibility index (Phi) is 5.68. The number of hydrogen-bond acceptors (Lipinski definition) is 4. The van der Waals surface area contributed by atoms with Crippen molar-refractivity contribution in [1.29, 1.82) is 0 Å². The van der Waals surface area contributed by atoms with Crippen molar-refractivity contribution in [2.75, 3.05) is 7.05 Å². The Hall–Kier alpha value is -2.97. The molecule has 2 N–H and O–H groups in total. The van der Waals surface area contributed by atoms with Crippen LogP contribution in [0.1, 0.15) is 21.5 Å². The van der Waals surface area contributed by atoms with Gasteiger partial charge in [-0.2, -0.15) is 0 Å². The van der Waals surface area contributed by atoms with Crippen molar-refractivity contribution >= 4 is 15.9 Å². The zero-order chi connectivity index (χ0) is 19.3. The first-order valence-corrected chi connectivity index (χ1v) is 9.81. The Morgan fingerprint density at radius 1 is 1.11 bits per heavy atom. The van der Waals surface area contributed by atoms with E-state index in [9.17, 15) is 13.2 Å². The molecule has 1 amide bonds. The van der Waals surface area contributed by atoms with Crippen molar-refractivity contribution in [2.24, 2.45) is 0 Å². The Labute approximate surface area is 158 Å². The van der Waals surface area contributed by atoms with E-state index in [0.717, 1.165) is 11.1 Å². The molecule has 0 spiro atoms. The highest BCUT2D eigenvalue weighted by Gasteiger charge is 2.14. The highest BCUT2D eigenvalue weighted by molar-refractivity contribution is 7.89. The number of carbonyl (C=O) groups is 1. The average Bonchev–Trinajstić information content (AvgIpc) is 3.19. The monoisotopic (exact) mass is 384 g/mol. The highest BCUT2D eigenvalue weighted by Crippen LogP contribution is 2.12. The number of benzene rings is 2. The first-order chi connectivity index (χ1) is 13.0. The van der Waals surface area contributed by atoms with E-state index < -0.39 is 10.0 Å². The summed E-state index contributed by atoms with van der Waals surface area (Å²) < 4.78 is 28.0. The Morgan fingerprint density at radius 3 is 2.63 bits per heavy atom. The summed E-state index contributed by atoms with van der Waals surface area (Å²) in [5, 5.41) is 2.82. The second-order valence-electron chi connectivity index (χ2n) is 5.97. The normalized spacial score (nSPS) is 11.3. The first-order valence-electron chi connectivity index (χ1n) is 8.33. The maximum absolute atomic E-state index is 12.4. The molecule has 1 aromatic heterocycles. The molecule has 0 aliphatic carbocycles. The topological polar surface area (TPSA) is 93.1 Å². The quantitative estimate of drug-likeness (QED) is 0.649. The molecule has 0 bridgehead atoms. The number of amides is 1. The van der Waals surface area contributed by atoms with Crippen LogP contribution < -0.4 is 10.0 Å². The van der Waals surface area contributed by atoms with Crippen LogP contribution in [0.5, 0.6) is 0 Å². The molecule has 0 radical (unpaired) electrons. The molecule has 0 atom stereocenters. The van der Waals surface area contributed by atoms with E-state index in [-0.39, 0.29) is 10.8 Å². The van der Waals surface area contributed by atoms with Gasteiger partial charge < -0.3 is 9.88 Å². The predicted molar refractivity (Wildman–Crippen MR) is 102 cm³/mol. The van der Waals surface area contributed by atoms with E-state index in [1.807, 2.05) is 35.0 Å². The molecule has 0 saturated heterocycles. The van der Waals surface area contributed by atoms with Crippen LogP contribution in [0.2, 0.25) is 0 Å². The molecular weight excluding hydrogens is 364 g/mol. The summed E-state index contributed by atoms with van der Waals surface area (Å²) in [6, 6.07) is 13.8. The minimum Gasteiger partial charge on any atom is -0.348 e. The number of rotatable bonds is 7. The molecule has 3 rings (SSSR count). The van der Waals surface area contributed by atoms with Gasteiger partial charge in [0, 0.05) is 31.0 Å². The third-order valence-corrected chi connectivity index (χ3v) is 5.46. The zero-order valence-corrected chi connectivity index (χ0v) is 15.6. The molecule has 0 unspecified atom stereocenters. The van der Waals surface area contributed by atoms with Gasteiger partial charge in [-0.3, -0.25) is 4.79 Å². The van der Waals surface area contributed by atoms with Gasteiger partial charge in [0.25, 0.3) is 5.91 Å². The van der Waals surface area contributed by atoms with Gasteiger partial charge in [0.05, 0.1) is 11.2 Å². The smallest absolute Gasteiger partial charge is 0.251 e. The van der Waals surface area contributed by atoms with Gasteiger partial charge in [0.1, 0.15) is 0 Å². The molecule has 7 nitrogen and oxygen atoms in total. The molecule has 1 heterocycles. The number of sulfonamides is 1. The molecular formula is C19H20N4O3S. The zero-order valence-electron chi connectivity index (χ0n) is 14.8. The van der Waals surface area contributed by atoms with Crippen LogP contribution in [0.15, 0.2) is 72.1 Å². The van der Waals surface area contributed by atoms with Crippen LogP contribution in [0, 0.1) is 0 Å². The lowest BCUT2D eigenvalue weighted by Gasteiger charge is -2.09. The van der Waals surface area contributed by atoms with Crippen molar-refractivity contribution < 1.29 is 13.2 Å². The largest absolute Gasteiger partial charge is 0.348 e. The second kappa shape index (κ2) is 8.15. The minimum atomic E-state index is -3.59. The van der Waals surface area contributed by atoms with Gasteiger partial charge in [-0.1, -0.05) is 30.3 Å². The van der Waals surface area contributed by atoms with Gasteiger partial charge in [0.15, 0.2) is 0 Å². The van der Waals surface area contributed by atoms with Gasteiger partial charge >= 0.3 is 0 Å². The Morgan fingerprint density at radius 2 is 1.89 bits per heavy atom. The molecule has 3 aromatic rings. The lowest BCUT2D eigenvalue weighted by Crippen LogP contribution is -2.24. The van der Waals surface area contributed by atoms with Crippen LogP contribution in [0.25, 0.3) is 0 Å². The summed E-state index contributed by atoms with van der Waals surface area (Å²) in [6.45, 7) is 1.05. The molecule has 0 aliphatic heterocycles. The molecule has 0 aliphatic rings. The van der Waals surface area contributed by atoms with Crippen LogP contribution in [-0.4, -0.2) is 30.9 Å². The van der Waals surface area contributed by atoms with Gasteiger partial charge in [-0.25, -0.2) is 18.1 Å². The summed E-state index contributed by atoms with van der Waals surface area (Å²) >= 11 is 0. The van der Waals surface area contributed by atoms with Crippen LogP contribution in [0.4, 0.5) is 0 Å². The van der Waals surface area contributed by atoms with Crippen molar-refractivity contribution in [3.63, 3.8) is 0 Å². The summed E-state index contributed by atoms with van der Waals surface area (Å²) in [5.41, 5.74) is 2.35. The summed E-state index contributed by atoms with van der Waals surface area (Å²) in [5.74, 6) is -0.330. The first kappa shape index (κ1) is 18.8. The molecule has 2 aromatic carbocycles. The van der Waals surface area contributed by atoms with E-state index in [1.165, 1.54) is 19.2 Å². The number of carbonyl (C=O) groups excluding carboxylic acids is 1. The standard InChI is InChI=1S/C19H20N4O3S/c1-20-27(25,26)18-7-3-6-17(11-18)19(24)22-12-15-4-2-5-16(10-15)13-23-9-8-21-14-23/h2-11,14,20H,12-13H2,1H3,(H,22,24). The third-order valence-electron chi connectivity index (χ3n) is 4.04. The predicted octanol–water partition coefficient (Wildman–Crippen LogP) is 1.77. The number of imidazole rings is 1. The average molecular weight is 384 g/mol. The van der Waals surface area contributed by atoms with E-state index >= 15 is 0 Å². The van der Waals surface area contributed by atoms with Gasteiger partial charge in [-0.05, 0) is 36.4 Å². The summed E-state index contributed by atoms with van der Waals surface area (Å²) in [7, 11) is -2.26. The molecule has 0 fully saturated rings. The Bertz CT molecular complexity index is 1030. The molecule has 8 heteroatoms. The number of nitrogens with one attached hydrogen (secondary N) is 2. The maximum Gasteiger partial charge on any atom is 0.251 e. The summed E-state index contributed by atoms with van der Waals surface area (Å²) in [6.07, 6.45) is 5.37. The second-order valence-corrected chi connectivity index (χ2v) is 7.86. The van der Waals surface area contributed by atoms with Crippen LogP contribution >= 0.6 is 0 Å². The van der Waals surface area contributed by atoms with Crippen molar-refractivity contribution in [3.05, 3.63) is 83.9 Å². The maximum atomic E-state index is 12.4. The number of nitrogens with zero attached hydrogens (tertiary/aromatic N) is 2.